The molecule has 0 spiro atoms. The molecule has 158 valence electrons. The monoisotopic (exact) mass is 462 g/mol. The minimum absolute atomic E-state index is 0.122. The molecule has 0 saturated carbocycles. The maximum Gasteiger partial charge on any atom is 0.252 e. The molecule has 0 aliphatic carbocycles. The molecule has 0 fully saturated rings. The molecule has 0 saturated heterocycles. The van der Waals surface area contributed by atoms with Crippen LogP contribution < -0.4 is 4.72 Å². The molecule has 4 rings (SSSR count). The number of thiophene rings is 1. The molecular formula is C21H22N2O4S3. The van der Waals surface area contributed by atoms with E-state index in [1.807, 2.05) is 25.1 Å². The van der Waals surface area contributed by atoms with Crippen molar-refractivity contribution in [3.8, 4) is 0 Å². The number of nitrogens with one attached hydrogen (secondary N) is 1. The van der Waals surface area contributed by atoms with Crippen LogP contribution in [0.1, 0.15) is 22.3 Å². The van der Waals surface area contributed by atoms with E-state index in [1.165, 1.54) is 15.6 Å². The highest BCUT2D eigenvalue weighted by atomic mass is 32.2. The highest BCUT2D eigenvalue weighted by molar-refractivity contribution is 7.92. The molecule has 2 heterocycles. The van der Waals surface area contributed by atoms with Gasteiger partial charge in [0, 0.05) is 18.8 Å². The average Bonchev–Trinajstić information content (AvgIpc) is 3.24. The molecule has 0 unspecified atom stereocenters. The molecule has 0 amide bonds. The Hall–Kier alpha value is -2.20. The number of hydrogen-bond donors (Lipinski definition) is 1. The van der Waals surface area contributed by atoms with Gasteiger partial charge in [0.1, 0.15) is 4.21 Å². The van der Waals surface area contributed by atoms with Gasteiger partial charge in [0.25, 0.3) is 10.0 Å². The lowest BCUT2D eigenvalue weighted by Gasteiger charge is -2.28. The standard InChI is InChI=1S/C21H22N2O4S3/c1-16-4-6-17(7-5-16)15-29(24,25)22-20-9-8-18-10-11-23(14-19(18)13-20)30(26,27)21-3-2-12-28-21/h2-9,12-13,22H,10-11,14-15H2,1H3. The number of hydrogen-bond acceptors (Lipinski definition) is 5. The second-order valence-electron chi connectivity index (χ2n) is 7.35. The van der Waals surface area contributed by atoms with Crippen molar-refractivity contribution in [2.75, 3.05) is 11.3 Å². The Labute approximate surface area is 181 Å². The lowest BCUT2D eigenvalue weighted by atomic mass is 10.0. The van der Waals surface area contributed by atoms with Gasteiger partial charge in [-0.05, 0) is 53.6 Å². The predicted molar refractivity (Wildman–Crippen MR) is 119 cm³/mol. The highest BCUT2D eigenvalue weighted by Crippen LogP contribution is 2.29. The molecule has 2 aromatic carbocycles. The van der Waals surface area contributed by atoms with Gasteiger partial charge in [0.2, 0.25) is 10.0 Å². The quantitative estimate of drug-likeness (QED) is 0.605. The summed E-state index contributed by atoms with van der Waals surface area (Å²) in [6.07, 6.45) is 0.594. The smallest absolute Gasteiger partial charge is 0.252 e. The number of fused-ring (bicyclic) bond motifs is 1. The molecule has 0 radical (unpaired) electrons. The van der Waals surface area contributed by atoms with E-state index >= 15 is 0 Å². The van der Waals surface area contributed by atoms with Crippen LogP contribution in [-0.4, -0.2) is 27.7 Å². The molecule has 3 aromatic rings. The van der Waals surface area contributed by atoms with Crippen molar-refractivity contribution in [2.45, 2.75) is 29.9 Å². The summed E-state index contributed by atoms with van der Waals surface area (Å²) in [5, 5.41) is 1.74. The molecule has 1 aromatic heterocycles. The summed E-state index contributed by atoms with van der Waals surface area (Å²) >= 11 is 1.20. The molecule has 1 N–H and O–H groups in total. The van der Waals surface area contributed by atoms with Crippen LogP contribution in [0, 0.1) is 6.92 Å². The first-order valence-corrected chi connectivity index (χ1v) is 13.4. The predicted octanol–water partition coefficient (Wildman–Crippen LogP) is 3.75. The molecule has 0 bridgehead atoms. The van der Waals surface area contributed by atoms with Crippen molar-refractivity contribution < 1.29 is 16.8 Å². The van der Waals surface area contributed by atoms with Gasteiger partial charge in [-0.3, -0.25) is 4.72 Å². The maximum atomic E-state index is 12.8. The Morgan fingerprint density at radius 2 is 1.77 bits per heavy atom. The Balaban J connectivity index is 1.52. The molecule has 0 atom stereocenters. The third kappa shape index (κ3) is 4.59. The van der Waals surface area contributed by atoms with Crippen LogP contribution in [0.4, 0.5) is 5.69 Å². The lowest BCUT2D eigenvalue weighted by Crippen LogP contribution is -2.35. The van der Waals surface area contributed by atoms with Crippen molar-refractivity contribution in [1.82, 2.24) is 4.31 Å². The van der Waals surface area contributed by atoms with E-state index < -0.39 is 20.0 Å². The van der Waals surface area contributed by atoms with Gasteiger partial charge in [-0.2, -0.15) is 4.31 Å². The van der Waals surface area contributed by atoms with Gasteiger partial charge in [0.05, 0.1) is 5.75 Å². The fourth-order valence-electron chi connectivity index (χ4n) is 3.46. The van der Waals surface area contributed by atoms with E-state index in [4.69, 9.17) is 0 Å². The van der Waals surface area contributed by atoms with Crippen LogP contribution in [-0.2, 0) is 38.8 Å². The second-order valence-corrected chi connectivity index (χ2v) is 12.2. The zero-order chi connectivity index (χ0) is 21.4. The second kappa shape index (κ2) is 8.14. The van der Waals surface area contributed by atoms with Crippen LogP contribution in [0.3, 0.4) is 0 Å². The van der Waals surface area contributed by atoms with Gasteiger partial charge < -0.3 is 0 Å². The summed E-state index contributed by atoms with van der Waals surface area (Å²) in [6.45, 7) is 2.58. The fraction of sp³-hybridized carbons (Fsp3) is 0.238. The van der Waals surface area contributed by atoms with E-state index in [2.05, 4.69) is 4.72 Å². The van der Waals surface area contributed by atoms with Crippen LogP contribution in [0.25, 0.3) is 0 Å². The van der Waals surface area contributed by atoms with Crippen LogP contribution in [0.2, 0.25) is 0 Å². The summed E-state index contributed by atoms with van der Waals surface area (Å²) in [5.74, 6) is -0.122. The number of benzene rings is 2. The maximum absolute atomic E-state index is 12.8. The number of sulfonamides is 2. The highest BCUT2D eigenvalue weighted by Gasteiger charge is 2.29. The van der Waals surface area contributed by atoms with Crippen LogP contribution >= 0.6 is 11.3 Å². The van der Waals surface area contributed by atoms with Crippen LogP contribution in [0.5, 0.6) is 0 Å². The van der Waals surface area contributed by atoms with Crippen molar-refractivity contribution in [1.29, 1.82) is 0 Å². The topological polar surface area (TPSA) is 83.6 Å². The van der Waals surface area contributed by atoms with E-state index in [0.29, 0.717) is 28.4 Å². The summed E-state index contributed by atoms with van der Waals surface area (Å²) in [6, 6.07) is 16.0. The van der Waals surface area contributed by atoms with Gasteiger partial charge in [-0.25, -0.2) is 16.8 Å². The normalized spacial score (nSPS) is 15.0. The summed E-state index contributed by atoms with van der Waals surface area (Å²) in [4.78, 5) is 0. The summed E-state index contributed by atoms with van der Waals surface area (Å²) in [7, 11) is -7.13. The van der Waals surface area contributed by atoms with Gasteiger partial charge in [0.15, 0.2) is 0 Å². The number of nitrogens with zero attached hydrogens (tertiary/aromatic N) is 1. The molecule has 1 aliphatic heterocycles. The van der Waals surface area contributed by atoms with Gasteiger partial charge in [-0.15, -0.1) is 11.3 Å². The zero-order valence-electron chi connectivity index (χ0n) is 16.4. The summed E-state index contributed by atoms with van der Waals surface area (Å²) < 4.78 is 55.2. The first-order chi connectivity index (χ1) is 14.2. The zero-order valence-corrected chi connectivity index (χ0v) is 18.9. The van der Waals surface area contributed by atoms with Gasteiger partial charge in [-0.1, -0.05) is 42.0 Å². The minimum atomic E-state index is -3.58. The van der Waals surface area contributed by atoms with E-state index in [1.54, 1.807) is 41.8 Å². The molecule has 6 nitrogen and oxygen atoms in total. The van der Waals surface area contributed by atoms with Crippen molar-refractivity contribution in [3.63, 3.8) is 0 Å². The van der Waals surface area contributed by atoms with E-state index in [-0.39, 0.29) is 12.3 Å². The minimum Gasteiger partial charge on any atom is -0.283 e. The molecule has 9 heteroatoms. The first kappa shape index (κ1) is 21.0. The Bertz CT molecular complexity index is 1250. The number of anilines is 1. The van der Waals surface area contributed by atoms with Gasteiger partial charge >= 0.3 is 0 Å². The third-order valence-corrected chi connectivity index (χ3v) is 9.50. The molecule has 30 heavy (non-hydrogen) atoms. The van der Waals surface area contributed by atoms with Crippen molar-refractivity contribution >= 4 is 37.1 Å². The van der Waals surface area contributed by atoms with E-state index in [9.17, 15) is 16.8 Å². The SMILES string of the molecule is Cc1ccc(CS(=O)(=O)Nc2ccc3c(c2)CN(S(=O)(=O)c2cccs2)CC3)cc1. The third-order valence-electron chi connectivity index (χ3n) is 5.02. The average molecular weight is 463 g/mol. The Morgan fingerprint density at radius 1 is 1.00 bits per heavy atom. The molecular weight excluding hydrogens is 440 g/mol. The fourth-order valence-corrected chi connectivity index (χ4v) is 7.21. The number of rotatable bonds is 6. The Kier molecular flexibility index (Phi) is 5.71. The lowest BCUT2D eigenvalue weighted by molar-refractivity contribution is 0.392. The number of aryl methyl sites for hydroxylation is 1. The van der Waals surface area contributed by atoms with Crippen molar-refractivity contribution in [2.24, 2.45) is 0 Å². The first-order valence-electron chi connectivity index (χ1n) is 9.44. The van der Waals surface area contributed by atoms with Crippen molar-refractivity contribution in [3.05, 3.63) is 82.2 Å². The van der Waals surface area contributed by atoms with E-state index in [0.717, 1.165) is 16.7 Å². The Morgan fingerprint density at radius 3 is 2.47 bits per heavy atom. The molecule has 1 aliphatic rings. The largest absolute Gasteiger partial charge is 0.283 e. The van der Waals surface area contributed by atoms with Crippen LogP contribution in [0.15, 0.2) is 64.2 Å². The summed E-state index contributed by atoms with van der Waals surface area (Å²) in [5.41, 5.74) is 4.07.